The number of nitrogens with zero attached hydrogens (tertiary/aromatic N) is 1. The van der Waals surface area contributed by atoms with Crippen LogP contribution in [0.4, 0.5) is 0 Å². The molecule has 3 rings (SSSR count). The van der Waals surface area contributed by atoms with E-state index in [1.807, 2.05) is 38.1 Å². The zero-order valence-corrected chi connectivity index (χ0v) is 19.4. The molecule has 0 aromatic heterocycles. The molecule has 1 amide bonds. The lowest BCUT2D eigenvalue weighted by atomic mass is 10.1. The van der Waals surface area contributed by atoms with E-state index in [1.54, 1.807) is 7.11 Å². The summed E-state index contributed by atoms with van der Waals surface area (Å²) in [6.07, 6.45) is -0.449. The first-order valence-corrected chi connectivity index (χ1v) is 11.8. The van der Waals surface area contributed by atoms with Gasteiger partial charge in [-0.05, 0) is 43.2 Å². The molecule has 0 aliphatic carbocycles. The van der Waals surface area contributed by atoms with Gasteiger partial charge in [0, 0.05) is 32.3 Å². The predicted octanol–water partition coefficient (Wildman–Crippen LogP) is 3.21. The third-order valence-electron chi connectivity index (χ3n) is 4.95. The molecule has 1 heterocycles. The number of sulfonamides is 1. The summed E-state index contributed by atoms with van der Waals surface area (Å²) in [5, 5.41) is 2.90. The minimum Gasteiger partial charge on any atom is -0.380 e. The highest BCUT2D eigenvalue weighted by atomic mass is 35.5. The minimum atomic E-state index is -3.87. The Kier molecular flexibility index (Phi) is 7.72. The predicted molar refractivity (Wildman–Crippen MR) is 119 cm³/mol. The van der Waals surface area contributed by atoms with Crippen molar-refractivity contribution in [3.8, 4) is 0 Å². The van der Waals surface area contributed by atoms with E-state index in [-0.39, 0.29) is 46.7 Å². The van der Waals surface area contributed by atoms with Gasteiger partial charge in [-0.2, -0.15) is 4.31 Å². The zero-order chi connectivity index (χ0) is 22.6. The third-order valence-corrected chi connectivity index (χ3v) is 7.27. The lowest BCUT2D eigenvalue weighted by molar-refractivity contribution is -0.0440. The molecule has 1 fully saturated rings. The highest BCUT2D eigenvalue weighted by Gasteiger charge is 2.33. The summed E-state index contributed by atoms with van der Waals surface area (Å²) in [7, 11) is -2.24. The monoisotopic (exact) mass is 466 g/mol. The van der Waals surface area contributed by atoms with E-state index >= 15 is 0 Å². The van der Waals surface area contributed by atoms with Crippen molar-refractivity contribution in [3.05, 3.63) is 64.2 Å². The van der Waals surface area contributed by atoms with E-state index < -0.39 is 10.0 Å². The number of ether oxygens (including phenoxy) is 2. The number of halogens is 1. The number of morpholine rings is 1. The van der Waals surface area contributed by atoms with Crippen LogP contribution in [0.3, 0.4) is 0 Å². The Labute approximate surface area is 188 Å². The van der Waals surface area contributed by atoms with Crippen molar-refractivity contribution >= 4 is 27.5 Å². The molecule has 2 unspecified atom stereocenters. The number of nitrogens with one attached hydrogen (secondary N) is 1. The Morgan fingerprint density at radius 2 is 1.84 bits per heavy atom. The summed E-state index contributed by atoms with van der Waals surface area (Å²) >= 11 is 6.22. The van der Waals surface area contributed by atoms with Gasteiger partial charge in [-0.25, -0.2) is 8.42 Å². The molecule has 0 saturated carbocycles. The van der Waals surface area contributed by atoms with Gasteiger partial charge in [-0.15, -0.1) is 0 Å². The molecule has 31 heavy (non-hydrogen) atoms. The Morgan fingerprint density at radius 1 is 1.16 bits per heavy atom. The third kappa shape index (κ3) is 5.84. The number of hydrogen-bond acceptors (Lipinski definition) is 5. The van der Waals surface area contributed by atoms with Crippen LogP contribution in [0.2, 0.25) is 5.02 Å². The second-order valence-corrected chi connectivity index (χ2v) is 9.97. The van der Waals surface area contributed by atoms with E-state index in [0.29, 0.717) is 13.2 Å². The van der Waals surface area contributed by atoms with Crippen LogP contribution in [-0.4, -0.2) is 51.0 Å². The molecule has 0 spiro atoms. The van der Waals surface area contributed by atoms with Crippen molar-refractivity contribution in [1.29, 1.82) is 0 Å². The number of carbonyl (C=O) groups excluding carboxylic acids is 1. The first kappa shape index (κ1) is 23.7. The second-order valence-electron chi connectivity index (χ2n) is 7.66. The summed E-state index contributed by atoms with van der Waals surface area (Å²) in [6, 6.07) is 12.0. The average Bonchev–Trinajstić information content (AvgIpc) is 2.72. The molecule has 2 aromatic rings. The summed E-state index contributed by atoms with van der Waals surface area (Å²) < 4.78 is 38.5. The van der Waals surface area contributed by atoms with Gasteiger partial charge in [0.2, 0.25) is 10.0 Å². The summed E-state index contributed by atoms with van der Waals surface area (Å²) in [5.74, 6) is -0.381. The lowest BCUT2D eigenvalue weighted by Gasteiger charge is -2.34. The van der Waals surface area contributed by atoms with Gasteiger partial charge >= 0.3 is 0 Å². The van der Waals surface area contributed by atoms with Crippen LogP contribution in [0.25, 0.3) is 0 Å². The number of amides is 1. The van der Waals surface area contributed by atoms with Crippen LogP contribution in [0.15, 0.2) is 47.4 Å². The van der Waals surface area contributed by atoms with Crippen molar-refractivity contribution in [2.24, 2.45) is 0 Å². The van der Waals surface area contributed by atoms with Gasteiger partial charge in [0.25, 0.3) is 5.91 Å². The molecular weight excluding hydrogens is 440 g/mol. The molecular formula is C22H27ClN2O5S. The van der Waals surface area contributed by atoms with Crippen molar-refractivity contribution < 1.29 is 22.7 Å². The van der Waals surface area contributed by atoms with Crippen molar-refractivity contribution in [2.75, 3.05) is 20.2 Å². The molecule has 0 bridgehead atoms. The molecule has 1 saturated heterocycles. The normalized spacial score (nSPS) is 19.9. The van der Waals surface area contributed by atoms with Crippen LogP contribution in [0.1, 0.15) is 35.3 Å². The first-order valence-electron chi connectivity index (χ1n) is 10.0. The molecule has 9 heteroatoms. The maximum absolute atomic E-state index is 13.2. The van der Waals surface area contributed by atoms with Crippen molar-refractivity contribution in [2.45, 2.75) is 44.1 Å². The van der Waals surface area contributed by atoms with Gasteiger partial charge in [-0.3, -0.25) is 4.79 Å². The molecule has 0 radical (unpaired) electrons. The molecule has 1 aliphatic heterocycles. The molecule has 1 aliphatic rings. The lowest BCUT2D eigenvalue weighted by Crippen LogP contribution is -2.48. The number of benzene rings is 2. The highest BCUT2D eigenvalue weighted by Crippen LogP contribution is 2.28. The summed E-state index contributed by atoms with van der Waals surface area (Å²) in [5.41, 5.74) is 2.15. The van der Waals surface area contributed by atoms with E-state index in [1.165, 1.54) is 22.5 Å². The number of hydrogen-bond donors (Lipinski definition) is 1. The van der Waals surface area contributed by atoms with Crippen LogP contribution < -0.4 is 5.32 Å². The fourth-order valence-electron chi connectivity index (χ4n) is 3.59. The van der Waals surface area contributed by atoms with Gasteiger partial charge in [0.05, 0.1) is 23.8 Å². The minimum absolute atomic E-state index is 0.0785. The van der Waals surface area contributed by atoms with Gasteiger partial charge < -0.3 is 14.8 Å². The molecule has 7 nitrogen and oxygen atoms in total. The van der Waals surface area contributed by atoms with Crippen LogP contribution in [0.5, 0.6) is 0 Å². The standard InChI is InChI=1S/C22H27ClN2O5S/c1-15-12-25(13-16(2)30-15)31(27,28)21-10-19(7-8-20(21)23)22(26)24-11-17-5-4-6-18(9-17)14-29-3/h4-10,15-16H,11-14H2,1-3H3,(H,24,26). The first-order chi connectivity index (χ1) is 14.7. The quantitative estimate of drug-likeness (QED) is 0.677. The topological polar surface area (TPSA) is 84.9 Å². The van der Waals surface area contributed by atoms with Crippen molar-refractivity contribution in [3.63, 3.8) is 0 Å². The van der Waals surface area contributed by atoms with Crippen LogP contribution in [-0.2, 0) is 32.6 Å². The molecule has 2 aromatic carbocycles. The van der Waals surface area contributed by atoms with Gasteiger partial charge in [0.1, 0.15) is 4.90 Å². The van der Waals surface area contributed by atoms with Crippen LogP contribution >= 0.6 is 11.6 Å². The Morgan fingerprint density at radius 3 is 2.52 bits per heavy atom. The smallest absolute Gasteiger partial charge is 0.251 e. The maximum Gasteiger partial charge on any atom is 0.251 e. The van der Waals surface area contributed by atoms with E-state index in [4.69, 9.17) is 21.1 Å². The largest absolute Gasteiger partial charge is 0.380 e. The van der Waals surface area contributed by atoms with Gasteiger partial charge in [-0.1, -0.05) is 35.9 Å². The summed E-state index contributed by atoms with van der Waals surface area (Å²) in [4.78, 5) is 12.6. The maximum atomic E-state index is 13.2. The zero-order valence-electron chi connectivity index (χ0n) is 17.8. The number of rotatable bonds is 7. The summed E-state index contributed by atoms with van der Waals surface area (Å²) in [6.45, 7) is 4.91. The Bertz CT molecular complexity index is 1030. The fraction of sp³-hybridized carbons (Fsp3) is 0.409. The van der Waals surface area contributed by atoms with E-state index in [2.05, 4.69) is 5.32 Å². The molecule has 2 atom stereocenters. The van der Waals surface area contributed by atoms with E-state index in [0.717, 1.165) is 11.1 Å². The van der Waals surface area contributed by atoms with Gasteiger partial charge in [0.15, 0.2) is 0 Å². The molecule has 1 N–H and O–H groups in total. The van der Waals surface area contributed by atoms with E-state index in [9.17, 15) is 13.2 Å². The Balaban J connectivity index is 1.77. The highest BCUT2D eigenvalue weighted by molar-refractivity contribution is 7.89. The molecule has 168 valence electrons. The SMILES string of the molecule is COCc1cccc(CNC(=O)c2ccc(Cl)c(S(=O)(=O)N3CC(C)OC(C)C3)c2)c1. The second kappa shape index (κ2) is 10.1. The Hall–Kier alpha value is -1.97. The van der Waals surface area contributed by atoms with Crippen LogP contribution in [0, 0.1) is 0 Å². The van der Waals surface area contributed by atoms with Crippen molar-refractivity contribution in [1.82, 2.24) is 9.62 Å². The number of carbonyl (C=O) groups is 1. The fourth-order valence-corrected chi connectivity index (χ4v) is 5.68. The number of methoxy groups -OCH3 is 1. The average molecular weight is 467 g/mol.